The monoisotopic (exact) mass is 498 g/mol. The number of rotatable bonds is 0. The van der Waals surface area contributed by atoms with Crippen LogP contribution < -0.4 is 10.7 Å². The summed E-state index contributed by atoms with van der Waals surface area (Å²) in [4.78, 5) is 6.60. The lowest BCUT2D eigenvalue weighted by Gasteiger charge is -2.09. The van der Waals surface area contributed by atoms with E-state index in [1.807, 2.05) is 0 Å². The van der Waals surface area contributed by atoms with Crippen LogP contribution in [0.15, 0.2) is 46.5 Å². The average Bonchev–Trinajstić information content (AvgIpc) is 3.24. The molecule has 178 valence electrons. The molecule has 5 aromatic rings. The summed E-state index contributed by atoms with van der Waals surface area (Å²) in [5.41, 5.74) is -2.07. The highest BCUT2D eigenvalue weighted by atomic mass is 19.4. The summed E-state index contributed by atoms with van der Waals surface area (Å²) in [5.74, 6) is -1.17. The molecule has 0 aliphatic heterocycles. The van der Waals surface area contributed by atoms with Crippen molar-refractivity contribution < 1.29 is 30.7 Å². The molecule has 0 heterocycles. The minimum atomic E-state index is -4.96. The molecule has 0 atom stereocenters. The van der Waals surface area contributed by atoms with Crippen molar-refractivity contribution in [3.63, 3.8) is 0 Å². The SMILES string of the molecule is [C-]#[N+]/N=c1/c2cc3c(cc2c2c(C(F)(F)F)cc(F)cc12)c(=NC#N)c1cc(C(F)(F)F)cc(C)c13. The molecule has 0 aliphatic rings. The van der Waals surface area contributed by atoms with Gasteiger partial charge in [0.2, 0.25) is 6.19 Å². The van der Waals surface area contributed by atoms with Gasteiger partial charge in [-0.2, -0.15) is 43.2 Å². The smallest absolute Gasteiger partial charge is 0.207 e. The van der Waals surface area contributed by atoms with E-state index in [1.54, 1.807) is 6.19 Å². The van der Waals surface area contributed by atoms with Gasteiger partial charge in [0.25, 0.3) is 0 Å². The topological polar surface area (TPSA) is 52.9 Å². The minimum absolute atomic E-state index is 0.00147. The number of fused-ring (bicyclic) bond motifs is 6. The van der Waals surface area contributed by atoms with Gasteiger partial charge in [-0.05, 0) is 65.0 Å². The largest absolute Gasteiger partial charge is 0.417 e. The molecule has 4 nitrogen and oxygen atoms in total. The number of halogens is 7. The van der Waals surface area contributed by atoms with Gasteiger partial charge >= 0.3 is 12.4 Å². The third-order valence-corrected chi connectivity index (χ3v) is 6.10. The maximum Gasteiger partial charge on any atom is 0.417 e. The number of alkyl halides is 6. The standard InChI is InChI=1S/C25H9F7N4/c1-10-3-11(24(27,28)29)4-17-20(10)13-7-16-14(8-15(13)22(17)35-9-33)21-18(23(16)36-34-2)5-12(26)6-19(21)25(30,31)32/h3-8H,1H3/b35-22?,36-23-. The van der Waals surface area contributed by atoms with E-state index in [1.165, 1.54) is 19.1 Å². The highest BCUT2D eigenvalue weighted by Gasteiger charge is 2.36. The number of hydrogen-bond donors (Lipinski definition) is 0. The summed E-state index contributed by atoms with van der Waals surface area (Å²) < 4.78 is 96.3. The van der Waals surface area contributed by atoms with E-state index in [0.717, 1.165) is 18.2 Å². The molecule has 36 heavy (non-hydrogen) atoms. The molecule has 0 saturated carbocycles. The van der Waals surface area contributed by atoms with Crippen molar-refractivity contribution in [3.05, 3.63) is 81.1 Å². The second-order valence-electron chi connectivity index (χ2n) is 8.14. The highest BCUT2D eigenvalue weighted by molar-refractivity contribution is 6.22. The van der Waals surface area contributed by atoms with Crippen molar-refractivity contribution in [3.8, 4) is 6.19 Å². The maximum atomic E-state index is 14.2. The first-order chi connectivity index (χ1) is 16.9. The number of nitriles is 1. The third-order valence-electron chi connectivity index (χ3n) is 6.10. The molecule has 11 heteroatoms. The van der Waals surface area contributed by atoms with Gasteiger partial charge in [-0.15, -0.1) is 4.95 Å². The van der Waals surface area contributed by atoms with Crippen LogP contribution in [-0.2, 0) is 12.4 Å². The summed E-state index contributed by atoms with van der Waals surface area (Å²) in [6.45, 7) is 8.54. The summed E-state index contributed by atoms with van der Waals surface area (Å²) in [7, 11) is 0. The zero-order valence-corrected chi connectivity index (χ0v) is 17.9. The van der Waals surface area contributed by atoms with Crippen LogP contribution in [0, 0.1) is 30.8 Å². The fraction of sp³-hybridized carbons (Fsp3) is 0.120. The van der Waals surface area contributed by atoms with E-state index >= 15 is 0 Å². The Morgan fingerprint density at radius 2 is 1.39 bits per heavy atom. The third kappa shape index (κ3) is 3.28. The first kappa shape index (κ1) is 23.2. The zero-order valence-electron chi connectivity index (χ0n) is 17.9. The van der Waals surface area contributed by atoms with E-state index in [0.29, 0.717) is 16.8 Å². The molecule has 0 unspecified atom stereocenters. The highest BCUT2D eigenvalue weighted by Crippen LogP contribution is 2.41. The van der Waals surface area contributed by atoms with Gasteiger partial charge in [0, 0.05) is 26.9 Å². The molecule has 0 N–H and O–H groups in total. The van der Waals surface area contributed by atoms with Gasteiger partial charge in [-0.1, -0.05) is 0 Å². The summed E-state index contributed by atoms with van der Waals surface area (Å²) in [6, 6.07) is 5.60. The Bertz CT molecular complexity index is 1960. The van der Waals surface area contributed by atoms with Crippen molar-refractivity contribution in [1.82, 2.24) is 0 Å². The second-order valence-corrected chi connectivity index (χ2v) is 8.14. The Labute approximate surface area is 196 Å². The van der Waals surface area contributed by atoms with Crippen LogP contribution in [0.4, 0.5) is 30.7 Å². The first-order valence-corrected chi connectivity index (χ1v) is 10.1. The molecular weight excluding hydrogens is 489 g/mol. The quantitative estimate of drug-likeness (QED) is 0.101. The van der Waals surface area contributed by atoms with Crippen molar-refractivity contribution in [2.45, 2.75) is 19.3 Å². The molecule has 5 aromatic carbocycles. The summed E-state index contributed by atoms with van der Waals surface area (Å²) in [6.07, 6.45) is -8.10. The normalized spacial score (nSPS) is 13.8. The van der Waals surface area contributed by atoms with E-state index in [-0.39, 0.29) is 43.2 Å². The van der Waals surface area contributed by atoms with E-state index in [4.69, 9.17) is 6.57 Å². The fourth-order valence-corrected chi connectivity index (χ4v) is 4.83. The average molecular weight is 498 g/mol. The second kappa shape index (κ2) is 7.49. The van der Waals surface area contributed by atoms with Crippen molar-refractivity contribution in [2.24, 2.45) is 10.1 Å². The van der Waals surface area contributed by atoms with Gasteiger partial charge < -0.3 is 0 Å². The molecule has 5 rings (SSSR count). The maximum absolute atomic E-state index is 14.2. The molecule has 0 amide bonds. The lowest BCUT2D eigenvalue weighted by Crippen LogP contribution is -2.07. The van der Waals surface area contributed by atoms with Gasteiger partial charge in [0.1, 0.15) is 5.82 Å². The number of hydrogen-bond acceptors (Lipinski definition) is 3. The van der Waals surface area contributed by atoms with Gasteiger partial charge in [-0.25, -0.2) is 4.39 Å². The van der Waals surface area contributed by atoms with Gasteiger partial charge in [0.15, 0.2) is 5.36 Å². The number of aryl methyl sites for hydroxylation is 1. The summed E-state index contributed by atoms with van der Waals surface area (Å²) >= 11 is 0. The number of benzene rings is 3. The minimum Gasteiger partial charge on any atom is -0.207 e. The predicted octanol–water partition coefficient (Wildman–Crippen LogP) is 6.78. The van der Waals surface area contributed by atoms with E-state index < -0.39 is 34.7 Å². The predicted molar refractivity (Wildman–Crippen MR) is 117 cm³/mol. The van der Waals surface area contributed by atoms with Crippen molar-refractivity contribution in [1.29, 1.82) is 5.26 Å². The molecule has 0 bridgehead atoms. The lowest BCUT2D eigenvalue weighted by atomic mass is 10.0. The Morgan fingerprint density at radius 1 is 0.778 bits per heavy atom. The Kier molecular flexibility index (Phi) is 4.84. The van der Waals surface area contributed by atoms with Crippen LogP contribution in [-0.4, -0.2) is 0 Å². The Balaban J connectivity index is 2.12. The summed E-state index contributed by atoms with van der Waals surface area (Å²) in [5, 5.41) is 12.7. The fourth-order valence-electron chi connectivity index (χ4n) is 4.83. The van der Waals surface area contributed by atoms with Gasteiger partial charge in [0.05, 0.1) is 21.6 Å². The van der Waals surface area contributed by atoms with E-state index in [9.17, 15) is 36.0 Å². The zero-order chi connectivity index (χ0) is 26.2. The molecular formula is C25H9F7N4. The Morgan fingerprint density at radius 3 is 1.97 bits per heavy atom. The van der Waals surface area contributed by atoms with Crippen LogP contribution in [0.25, 0.3) is 48.0 Å². The molecule has 0 radical (unpaired) electrons. The molecule has 0 saturated heterocycles. The van der Waals surface area contributed by atoms with Crippen LogP contribution in [0.3, 0.4) is 0 Å². The van der Waals surface area contributed by atoms with Gasteiger partial charge in [-0.3, -0.25) is 0 Å². The van der Waals surface area contributed by atoms with Crippen LogP contribution >= 0.6 is 0 Å². The van der Waals surface area contributed by atoms with Crippen LogP contribution in [0.2, 0.25) is 0 Å². The molecule has 0 fully saturated rings. The van der Waals surface area contributed by atoms with Crippen molar-refractivity contribution >= 4 is 43.1 Å². The lowest BCUT2D eigenvalue weighted by molar-refractivity contribution is -0.138. The van der Waals surface area contributed by atoms with Crippen molar-refractivity contribution in [2.75, 3.05) is 0 Å². The van der Waals surface area contributed by atoms with Crippen LogP contribution in [0.5, 0.6) is 0 Å². The first-order valence-electron chi connectivity index (χ1n) is 10.1. The number of nitrogens with zero attached hydrogens (tertiary/aromatic N) is 4. The molecule has 0 aliphatic carbocycles. The molecule has 0 spiro atoms. The Hall–Kier alpha value is -4.51. The van der Waals surface area contributed by atoms with E-state index in [2.05, 4.69) is 15.0 Å². The van der Waals surface area contributed by atoms with Crippen LogP contribution in [0.1, 0.15) is 16.7 Å². The molecule has 0 aromatic heterocycles.